The van der Waals surface area contributed by atoms with Crippen LogP contribution in [0.2, 0.25) is 10.0 Å². The zero-order valence-corrected chi connectivity index (χ0v) is 21.9. The molecule has 4 aromatic rings. The van der Waals surface area contributed by atoms with Crippen LogP contribution in [-0.4, -0.2) is 21.5 Å². The lowest BCUT2D eigenvalue weighted by molar-refractivity contribution is 0.174. The van der Waals surface area contributed by atoms with E-state index in [2.05, 4.69) is 39.7 Å². The van der Waals surface area contributed by atoms with Crippen molar-refractivity contribution < 1.29 is 9.47 Å². The van der Waals surface area contributed by atoms with Crippen LogP contribution in [0.3, 0.4) is 0 Å². The maximum Gasteiger partial charge on any atom is 0.231 e. The van der Waals surface area contributed by atoms with Crippen LogP contribution in [0, 0.1) is 13.8 Å². The van der Waals surface area contributed by atoms with Gasteiger partial charge in [-0.15, -0.1) is 0 Å². The molecule has 2 aromatic carbocycles. The van der Waals surface area contributed by atoms with Gasteiger partial charge in [0.25, 0.3) is 0 Å². The van der Waals surface area contributed by atoms with Crippen LogP contribution in [0.25, 0.3) is 5.69 Å². The molecule has 0 saturated carbocycles. The average molecular weight is 537 g/mol. The summed E-state index contributed by atoms with van der Waals surface area (Å²) in [5, 5.41) is 5.16. The molecule has 182 valence electrons. The molecule has 2 atom stereocenters. The Morgan fingerprint density at radius 2 is 1.83 bits per heavy atom. The maximum atomic E-state index is 6.63. The highest BCUT2D eigenvalue weighted by atomic mass is 35.5. The summed E-state index contributed by atoms with van der Waals surface area (Å²) >= 11 is 18.9. The van der Waals surface area contributed by atoms with Crippen LogP contribution in [0.5, 0.6) is 11.5 Å². The first-order valence-corrected chi connectivity index (χ1v) is 12.6. The van der Waals surface area contributed by atoms with Gasteiger partial charge in [-0.05, 0) is 74.1 Å². The van der Waals surface area contributed by atoms with Crippen molar-refractivity contribution in [3.63, 3.8) is 0 Å². The van der Waals surface area contributed by atoms with Gasteiger partial charge in [0.1, 0.15) is 0 Å². The highest BCUT2D eigenvalue weighted by Crippen LogP contribution is 2.46. The maximum absolute atomic E-state index is 6.63. The lowest BCUT2D eigenvalue weighted by Crippen LogP contribution is -2.29. The predicted octanol–water partition coefficient (Wildman–Crippen LogP) is 6.70. The molecule has 0 aliphatic carbocycles. The topological polar surface area (TPSA) is 51.6 Å². The highest BCUT2D eigenvalue weighted by molar-refractivity contribution is 7.80. The van der Waals surface area contributed by atoms with Crippen molar-refractivity contribution in [1.82, 2.24) is 14.9 Å². The second-order valence-electron chi connectivity index (χ2n) is 8.77. The average Bonchev–Trinajstić information content (AvgIpc) is 3.56. The van der Waals surface area contributed by atoms with E-state index in [0.717, 1.165) is 39.8 Å². The van der Waals surface area contributed by atoms with E-state index in [1.807, 2.05) is 48.5 Å². The second kappa shape index (κ2) is 9.00. The Kier molecular flexibility index (Phi) is 5.79. The Morgan fingerprint density at radius 1 is 1.00 bits per heavy atom. The first-order valence-electron chi connectivity index (χ1n) is 11.5. The Morgan fingerprint density at radius 3 is 2.64 bits per heavy atom. The van der Waals surface area contributed by atoms with E-state index in [-0.39, 0.29) is 18.9 Å². The van der Waals surface area contributed by atoms with Gasteiger partial charge < -0.3 is 24.3 Å². The van der Waals surface area contributed by atoms with E-state index in [0.29, 0.717) is 20.9 Å². The van der Waals surface area contributed by atoms with Crippen LogP contribution in [0.15, 0.2) is 66.9 Å². The quantitative estimate of drug-likeness (QED) is 0.293. The summed E-state index contributed by atoms with van der Waals surface area (Å²) in [6.45, 7) is 4.37. The third-order valence-electron chi connectivity index (χ3n) is 6.69. The third-order valence-corrected chi connectivity index (χ3v) is 7.82. The van der Waals surface area contributed by atoms with Crippen molar-refractivity contribution in [2.24, 2.45) is 0 Å². The molecule has 2 aliphatic rings. The molecular weight excluding hydrogens is 515 g/mol. The number of aryl methyl sites for hydroxylation is 1. The van der Waals surface area contributed by atoms with E-state index < -0.39 is 0 Å². The van der Waals surface area contributed by atoms with Crippen molar-refractivity contribution in [3.05, 3.63) is 99.6 Å². The normalized spacial score (nSPS) is 18.6. The zero-order chi connectivity index (χ0) is 25.0. The molecule has 1 N–H and O–H groups in total. The molecule has 1 fully saturated rings. The number of pyridine rings is 1. The first-order chi connectivity index (χ1) is 17.4. The number of thiocarbonyl (C=S) groups is 1. The van der Waals surface area contributed by atoms with Gasteiger partial charge in [0.05, 0.1) is 33.5 Å². The van der Waals surface area contributed by atoms with Crippen LogP contribution in [-0.2, 0) is 0 Å². The van der Waals surface area contributed by atoms with Gasteiger partial charge in [0.15, 0.2) is 16.6 Å². The van der Waals surface area contributed by atoms with Gasteiger partial charge in [-0.1, -0.05) is 35.3 Å². The fourth-order valence-electron chi connectivity index (χ4n) is 5.11. The molecule has 0 amide bonds. The van der Waals surface area contributed by atoms with E-state index in [1.165, 1.54) is 0 Å². The summed E-state index contributed by atoms with van der Waals surface area (Å²) in [4.78, 5) is 6.79. The SMILES string of the molecule is Cc1cc([C@H]2[C@H](c3ccccn3)NC(=S)N2c2ccc3c(c2)OCO3)c(C)n1-c1cccc(Cl)c1Cl. The monoisotopic (exact) mass is 536 g/mol. The fraction of sp³-hybridized carbons (Fsp3) is 0.185. The summed E-state index contributed by atoms with van der Waals surface area (Å²) < 4.78 is 13.3. The fourth-order valence-corrected chi connectivity index (χ4v) is 5.83. The van der Waals surface area contributed by atoms with Crippen LogP contribution < -0.4 is 19.7 Å². The molecule has 2 aliphatic heterocycles. The summed E-state index contributed by atoms with van der Waals surface area (Å²) in [7, 11) is 0. The molecular formula is C27H22Cl2N4O2S. The molecule has 4 heterocycles. The van der Waals surface area contributed by atoms with Gasteiger partial charge in [-0.3, -0.25) is 4.98 Å². The molecule has 0 radical (unpaired) electrons. The minimum atomic E-state index is -0.175. The number of benzene rings is 2. The Hall–Kier alpha value is -3.26. The molecule has 6 rings (SSSR count). The van der Waals surface area contributed by atoms with Crippen LogP contribution in [0.4, 0.5) is 5.69 Å². The van der Waals surface area contributed by atoms with Crippen LogP contribution >= 0.6 is 35.4 Å². The molecule has 2 aromatic heterocycles. The summed E-state index contributed by atoms with van der Waals surface area (Å²) in [6, 6.07) is 19.3. The Balaban J connectivity index is 1.53. The highest BCUT2D eigenvalue weighted by Gasteiger charge is 2.42. The van der Waals surface area contributed by atoms with Crippen molar-refractivity contribution in [3.8, 4) is 17.2 Å². The van der Waals surface area contributed by atoms with E-state index in [4.69, 9.17) is 44.9 Å². The Labute approximate surface area is 224 Å². The van der Waals surface area contributed by atoms with E-state index in [1.54, 1.807) is 12.3 Å². The second-order valence-corrected chi connectivity index (χ2v) is 9.94. The minimum absolute atomic E-state index is 0.173. The smallest absolute Gasteiger partial charge is 0.231 e. The van der Waals surface area contributed by atoms with Gasteiger partial charge >= 0.3 is 0 Å². The minimum Gasteiger partial charge on any atom is -0.454 e. The number of nitrogens with zero attached hydrogens (tertiary/aromatic N) is 3. The van der Waals surface area contributed by atoms with Gasteiger partial charge in [-0.2, -0.15) is 0 Å². The lowest BCUT2D eigenvalue weighted by atomic mass is 9.96. The standard InChI is InChI=1S/C27H22Cl2N4O2S/c1-15-12-18(16(2)32(15)21-8-5-6-19(28)24(21)29)26-25(20-7-3-4-11-30-20)31-27(36)33(26)17-9-10-22-23(13-17)35-14-34-22/h3-13,25-26H,14H2,1-2H3,(H,31,36)/t25-,26-/m0/s1. The molecule has 0 spiro atoms. The number of halogens is 2. The van der Waals surface area contributed by atoms with Gasteiger partial charge in [-0.25, -0.2) is 0 Å². The van der Waals surface area contributed by atoms with Crippen molar-refractivity contribution in [2.75, 3.05) is 11.7 Å². The number of hydrogen-bond donors (Lipinski definition) is 1. The van der Waals surface area contributed by atoms with Crippen molar-refractivity contribution in [2.45, 2.75) is 25.9 Å². The number of anilines is 1. The summed E-state index contributed by atoms with van der Waals surface area (Å²) in [6.07, 6.45) is 1.80. The number of ether oxygens (including phenoxy) is 2. The van der Waals surface area contributed by atoms with Crippen LogP contribution in [0.1, 0.15) is 34.7 Å². The lowest BCUT2D eigenvalue weighted by Gasteiger charge is -2.28. The first kappa shape index (κ1) is 23.2. The molecule has 0 unspecified atom stereocenters. The summed E-state index contributed by atoms with van der Waals surface area (Å²) in [5.41, 5.74) is 5.83. The van der Waals surface area contributed by atoms with E-state index >= 15 is 0 Å². The number of nitrogens with one attached hydrogen (secondary N) is 1. The third kappa shape index (κ3) is 3.70. The number of rotatable bonds is 4. The predicted molar refractivity (Wildman–Crippen MR) is 146 cm³/mol. The Bertz CT molecular complexity index is 1490. The number of hydrogen-bond acceptors (Lipinski definition) is 4. The summed E-state index contributed by atoms with van der Waals surface area (Å²) in [5.74, 6) is 1.43. The largest absolute Gasteiger partial charge is 0.454 e. The zero-order valence-electron chi connectivity index (χ0n) is 19.5. The van der Waals surface area contributed by atoms with Gasteiger partial charge in [0.2, 0.25) is 6.79 Å². The van der Waals surface area contributed by atoms with E-state index in [9.17, 15) is 0 Å². The number of aromatic nitrogens is 2. The van der Waals surface area contributed by atoms with Crippen molar-refractivity contribution in [1.29, 1.82) is 0 Å². The molecule has 1 saturated heterocycles. The molecule has 6 nitrogen and oxygen atoms in total. The number of fused-ring (bicyclic) bond motifs is 1. The van der Waals surface area contributed by atoms with Crippen molar-refractivity contribution >= 4 is 46.2 Å². The van der Waals surface area contributed by atoms with Gasteiger partial charge in [0, 0.05) is 29.3 Å². The molecule has 0 bridgehead atoms. The molecule has 36 heavy (non-hydrogen) atoms. The molecule has 9 heteroatoms.